The number of nitrogens with zero attached hydrogens (tertiary/aromatic N) is 3. The van der Waals surface area contributed by atoms with Gasteiger partial charge in [-0.25, -0.2) is 42.5 Å². The van der Waals surface area contributed by atoms with Crippen molar-refractivity contribution in [3.8, 4) is 0 Å². The summed E-state index contributed by atoms with van der Waals surface area (Å²) in [6, 6.07) is -4.21. The maximum absolute atomic E-state index is 15.8. The lowest BCUT2D eigenvalue weighted by Gasteiger charge is -2.54. The van der Waals surface area contributed by atoms with Crippen molar-refractivity contribution in [1.29, 1.82) is 0 Å². The summed E-state index contributed by atoms with van der Waals surface area (Å²) in [5, 5.41) is 9.32. The van der Waals surface area contributed by atoms with E-state index < -0.39 is 98.7 Å². The van der Waals surface area contributed by atoms with Gasteiger partial charge >= 0.3 is 35.3 Å². The fourth-order valence-corrected chi connectivity index (χ4v) is 13.1. The van der Waals surface area contributed by atoms with Crippen LogP contribution in [0.3, 0.4) is 0 Å². The molecular formula is C54H90N6O12. The first-order valence-corrected chi connectivity index (χ1v) is 26.1. The number of alkyl carbamates (subject to hydrolysis) is 3. The van der Waals surface area contributed by atoms with E-state index >= 15 is 14.4 Å². The molecule has 3 saturated carbocycles. The number of ether oxygens (including phenoxy) is 6. The van der Waals surface area contributed by atoms with E-state index in [1.807, 2.05) is 69.2 Å². The fourth-order valence-electron chi connectivity index (χ4n) is 13.1. The van der Waals surface area contributed by atoms with E-state index in [4.69, 9.17) is 28.4 Å². The van der Waals surface area contributed by atoms with E-state index in [0.717, 1.165) is 0 Å². The predicted octanol–water partition coefficient (Wildman–Crippen LogP) is 9.44. The predicted molar refractivity (Wildman–Crippen MR) is 278 cm³/mol. The van der Waals surface area contributed by atoms with E-state index in [1.54, 1.807) is 0 Å². The van der Waals surface area contributed by atoms with E-state index in [-0.39, 0.29) is 38.1 Å². The molecular weight excluding hydrogens is 925 g/mol. The van der Waals surface area contributed by atoms with Gasteiger partial charge in [-0.2, -0.15) is 0 Å². The van der Waals surface area contributed by atoms with E-state index in [0.29, 0.717) is 84.0 Å². The van der Waals surface area contributed by atoms with Crippen LogP contribution in [0.2, 0.25) is 0 Å². The Morgan fingerprint density at radius 1 is 0.528 bits per heavy atom. The van der Waals surface area contributed by atoms with E-state index in [1.165, 1.54) is 32.5 Å². The van der Waals surface area contributed by atoms with Crippen molar-refractivity contribution in [2.24, 2.45) is 32.5 Å². The van der Waals surface area contributed by atoms with Crippen molar-refractivity contribution in [3.63, 3.8) is 0 Å². The number of hydrogen-bond donors (Lipinski definition) is 3. The van der Waals surface area contributed by atoms with Crippen LogP contribution in [-0.2, 0) is 28.4 Å². The second-order valence-corrected chi connectivity index (χ2v) is 24.4. The molecule has 3 amide bonds. The molecule has 4 unspecified atom stereocenters. The minimum atomic E-state index is -0.955. The third-order valence-corrected chi connectivity index (χ3v) is 15.5. The Balaban J connectivity index is 1.87. The molecule has 1 heterocycles. The molecule has 4 rings (SSSR count). The largest absolute Gasteiger partial charge is 0.502 e. The Bertz CT molecular complexity index is 2200. The highest BCUT2D eigenvalue weighted by Crippen LogP contribution is 2.54. The van der Waals surface area contributed by atoms with E-state index in [9.17, 15) is 14.4 Å². The van der Waals surface area contributed by atoms with Crippen LogP contribution in [0.5, 0.6) is 0 Å². The van der Waals surface area contributed by atoms with Crippen molar-refractivity contribution < 1.29 is 42.8 Å². The highest BCUT2D eigenvalue weighted by Gasteiger charge is 2.55. The minimum Gasteiger partial charge on any atom is -0.502 e. The van der Waals surface area contributed by atoms with Gasteiger partial charge in [0, 0.05) is 23.5 Å². The van der Waals surface area contributed by atoms with Crippen molar-refractivity contribution >= 4 is 18.3 Å². The van der Waals surface area contributed by atoms with Gasteiger partial charge in [-0.3, -0.25) is 0 Å². The zero-order chi connectivity index (χ0) is 53.9. The van der Waals surface area contributed by atoms with Crippen LogP contribution in [0.1, 0.15) is 178 Å². The normalized spacial score (nSPS) is 25.3. The van der Waals surface area contributed by atoms with Crippen molar-refractivity contribution in [2.45, 2.75) is 196 Å². The van der Waals surface area contributed by atoms with Gasteiger partial charge in [0.1, 0.15) is 0 Å². The van der Waals surface area contributed by atoms with Gasteiger partial charge in [0.05, 0.1) is 76.6 Å². The summed E-state index contributed by atoms with van der Waals surface area (Å²) in [7, 11) is 0. The van der Waals surface area contributed by atoms with Crippen LogP contribution in [-0.4, -0.2) is 89.7 Å². The summed E-state index contributed by atoms with van der Waals surface area (Å²) in [5.74, 6) is 0. The van der Waals surface area contributed by atoms with Crippen molar-refractivity contribution in [2.75, 3.05) is 39.6 Å². The van der Waals surface area contributed by atoms with Crippen LogP contribution in [0.15, 0.2) is 52.9 Å². The first-order chi connectivity index (χ1) is 33.6. The molecule has 0 radical (unpaired) electrons. The maximum atomic E-state index is 15.8. The van der Waals surface area contributed by atoms with Gasteiger partial charge in [0.25, 0.3) is 0 Å². The molecule has 0 spiro atoms. The molecule has 0 aliphatic heterocycles. The summed E-state index contributed by atoms with van der Waals surface area (Å²) < 4.78 is 36.3. The Kier molecular flexibility index (Phi) is 20.4. The number of carbonyl (C=O) groups is 3. The molecule has 3 N–H and O–H groups in total. The third-order valence-electron chi connectivity index (χ3n) is 15.5. The number of hydrogen-bond acceptors (Lipinski definition) is 12. The second-order valence-electron chi connectivity index (χ2n) is 24.4. The van der Waals surface area contributed by atoms with Crippen molar-refractivity contribution in [1.82, 2.24) is 29.7 Å². The summed E-state index contributed by atoms with van der Waals surface area (Å²) in [5.41, 5.74) is -6.25. The molecule has 18 nitrogen and oxygen atoms in total. The van der Waals surface area contributed by atoms with Gasteiger partial charge in [0.2, 0.25) is 0 Å². The Hall–Kier alpha value is -5.16. The molecule has 72 heavy (non-hydrogen) atoms. The summed E-state index contributed by atoms with van der Waals surface area (Å²) in [4.78, 5) is 87.8. The lowest BCUT2D eigenvalue weighted by atomic mass is 9.58. The molecule has 3 fully saturated rings. The smallest absolute Gasteiger partial charge is 0.407 e. The van der Waals surface area contributed by atoms with Crippen molar-refractivity contribution in [3.05, 3.63) is 70.0 Å². The average Bonchev–Trinajstić information content (AvgIpc) is 3.25. The molecule has 4 atom stereocenters. The molecule has 18 heteroatoms. The number of amides is 3. The lowest BCUT2D eigenvalue weighted by molar-refractivity contribution is -0.0130. The number of unbranched alkanes of at least 4 members (excludes halogenated alkanes) is 3. The zero-order valence-electron chi connectivity index (χ0n) is 45.8. The highest BCUT2D eigenvalue weighted by atomic mass is 16.6. The van der Waals surface area contributed by atoms with Gasteiger partial charge in [-0.15, -0.1) is 0 Å². The van der Waals surface area contributed by atoms with Crippen LogP contribution in [0, 0.1) is 32.5 Å². The van der Waals surface area contributed by atoms with Crippen LogP contribution in [0.25, 0.3) is 0 Å². The molecule has 3 aliphatic carbocycles. The molecule has 1 aromatic heterocycles. The van der Waals surface area contributed by atoms with Gasteiger partial charge in [-0.1, -0.05) is 103 Å². The Morgan fingerprint density at radius 2 is 0.931 bits per heavy atom. The maximum Gasteiger partial charge on any atom is 0.407 e. The fraction of sp³-hybridized carbons (Fsp3) is 0.778. The monoisotopic (exact) mass is 1010 g/mol. The number of rotatable bonds is 24. The van der Waals surface area contributed by atoms with Crippen LogP contribution >= 0.6 is 0 Å². The minimum absolute atomic E-state index is 0.126. The second kappa shape index (κ2) is 24.7. The summed E-state index contributed by atoms with van der Waals surface area (Å²) >= 11 is 0. The number of carbonyl (C=O) groups excluding carboxylic acids is 3. The highest BCUT2D eigenvalue weighted by molar-refractivity contribution is 5.68. The standard InChI is InChI=1S/C54H90N6O12/c1-16-67-27-19-22-30-70-43(61)55-38-35-49(4,5)36-53(12,13)40(38)60-47(65)58(37-33-51(8,9)41(52(10,11)34-37)56-44(62)71-31-23-20-28-68-17-2)46(64)59(48(60)66)39-25-26-50(6,7)42(54(39,14)15)57-45(63)72-32-24-21-29-69-18-3/h16-18,37-42H,1-3,19-36H2,4-15H3,(H,55,61)(H,56,62)(H,57,63). The third kappa shape index (κ3) is 14.8. The lowest BCUT2D eigenvalue weighted by Crippen LogP contribution is -2.67. The summed E-state index contributed by atoms with van der Waals surface area (Å²) in [6.45, 7) is 36.7. The van der Waals surface area contributed by atoms with E-state index in [2.05, 4.69) is 49.5 Å². The van der Waals surface area contributed by atoms with Crippen LogP contribution < -0.4 is 33.0 Å². The first kappa shape index (κ1) is 59.4. The molecule has 408 valence electrons. The molecule has 0 saturated heterocycles. The number of aromatic nitrogens is 3. The van der Waals surface area contributed by atoms with Gasteiger partial charge in [0.15, 0.2) is 0 Å². The first-order valence-electron chi connectivity index (χ1n) is 26.1. The zero-order valence-corrected chi connectivity index (χ0v) is 45.8. The number of nitrogens with one attached hydrogen (secondary N) is 3. The van der Waals surface area contributed by atoms with Crippen LogP contribution in [0.4, 0.5) is 14.4 Å². The molecule has 1 aromatic rings. The Labute approximate surface area is 428 Å². The molecule has 0 aromatic carbocycles. The molecule has 0 bridgehead atoms. The van der Waals surface area contributed by atoms with Gasteiger partial charge < -0.3 is 44.4 Å². The summed E-state index contributed by atoms with van der Waals surface area (Å²) in [6.07, 6.45) is 8.44. The molecule has 3 aliphatic rings. The quantitative estimate of drug-likeness (QED) is 0.0503. The topological polar surface area (TPSA) is 209 Å². The Morgan fingerprint density at radius 3 is 1.39 bits per heavy atom. The van der Waals surface area contributed by atoms with Gasteiger partial charge in [-0.05, 0) is 104 Å². The SMILES string of the molecule is C=COCCCCOC(=O)NC1CC(C)(C)CC(C)(C)C1n1c(=O)n(C2CC(C)(C)C(NC(=O)OCCCCOC=C)C(C)(C)C2)c(=O)n(C2CCC(C)(C)C(NC(=O)OCCCCOC=C)C2(C)C)c1=O. The average molecular weight is 1020 g/mol.